The summed E-state index contributed by atoms with van der Waals surface area (Å²) in [7, 11) is 1.59. The smallest absolute Gasteiger partial charge is 0.269 e. The molecule has 0 bridgehead atoms. The van der Waals surface area contributed by atoms with Crippen LogP contribution in [0.2, 0.25) is 0 Å². The number of amides is 2. The van der Waals surface area contributed by atoms with E-state index in [0.29, 0.717) is 13.0 Å². The zero-order valence-electron chi connectivity index (χ0n) is 15.8. The van der Waals surface area contributed by atoms with Crippen LogP contribution >= 0.6 is 0 Å². The van der Waals surface area contributed by atoms with Crippen LogP contribution in [-0.4, -0.2) is 41.4 Å². The minimum atomic E-state index is -0.543. The summed E-state index contributed by atoms with van der Waals surface area (Å²) in [6.07, 6.45) is 3.54. The summed E-state index contributed by atoms with van der Waals surface area (Å²) in [5.74, 6) is -0.193. The molecular formula is C21H20N2O6. The van der Waals surface area contributed by atoms with Crippen LogP contribution in [-0.2, 0) is 16.1 Å². The Morgan fingerprint density at radius 3 is 2.48 bits per heavy atom. The summed E-state index contributed by atoms with van der Waals surface area (Å²) in [5, 5.41) is 10.8. The number of benzene rings is 2. The maximum atomic E-state index is 12.8. The average Bonchev–Trinajstić information content (AvgIpc) is 2.74. The van der Waals surface area contributed by atoms with E-state index >= 15 is 0 Å². The van der Waals surface area contributed by atoms with Gasteiger partial charge in [0.1, 0.15) is 5.75 Å². The predicted octanol–water partition coefficient (Wildman–Crippen LogP) is 3.12. The molecule has 0 fully saturated rings. The second-order valence-corrected chi connectivity index (χ2v) is 6.47. The molecule has 0 aliphatic carbocycles. The van der Waals surface area contributed by atoms with E-state index in [1.54, 1.807) is 13.2 Å². The summed E-state index contributed by atoms with van der Waals surface area (Å²) in [4.78, 5) is 36.6. The van der Waals surface area contributed by atoms with Crippen LogP contribution in [0.5, 0.6) is 5.75 Å². The van der Waals surface area contributed by atoms with Gasteiger partial charge in [-0.3, -0.25) is 24.6 Å². The van der Waals surface area contributed by atoms with Crippen LogP contribution in [0.15, 0.2) is 60.7 Å². The van der Waals surface area contributed by atoms with Crippen molar-refractivity contribution in [2.75, 3.05) is 13.7 Å². The molecule has 0 saturated heterocycles. The van der Waals surface area contributed by atoms with Crippen LogP contribution in [0.1, 0.15) is 22.3 Å². The third-order valence-electron chi connectivity index (χ3n) is 4.55. The Bertz CT molecular complexity index is 921. The Balaban J connectivity index is 1.66. The fourth-order valence-corrected chi connectivity index (χ4v) is 3.00. The Morgan fingerprint density at radius 1 is 1.17 bits per heavy atom. The average molecular weight is 396 g/mol. The molecule has 1 aliphatic rings. The number of carbonyl (C=O) groups excluding carboxylic acids is 2. The predicted molar refractivity (Wildman–Crippen MR) is 104 cm³/mol. The van der Waals surface area contributed by atoms with Crippen molar-refractivity contribution < 1.29 is 24.0 Å². The molecule has 0 unspecified atom stereocenters. The summed E-state index contributed by atoms with van der Waals surface area (Å²) in [6.45, 7) is 0.513. The van der Waals surface area contributed by atoms with Crippen molar-refractivity contribution in [3.05, 3.63) is 81.9 Å². The fraction of sp³-hybridized carbons (Fsp3) is 0.238. The van der Waals surface area contributed by atoms with Gasteiger partial charge in [0.05, 0.1) is 31.3 Å². The van der Waals surface area contributed by atoms with Crippen LogP contribution in [0, 0.1) is 10.1 Å². The Kier molecular flexibility index (Phi) is 6.36. The SMILES string of the molecule is COc1ccc(COC[C@@H]2CC=CC(=O)N2C(=O)c2ccc([N+](=O)[O-])cc2)cc1. The second kappa shape index (κ2) is 9.11. The van der Waals surface area contributed by atoms with Crippen LogP contribution in [0.25, 0.3) is 0 Å². The zero-order valence-corrected chi connectivity index (χ0v) is 15.8. The van der Waals surface area contributed by atoms with E-state index in [2.05, 4.69) is 0 Å². The van der Waals surface area contributed by atoms with Gasteiger partial charge in [-0.15, -0.1) is 0 Å². The number of imide groups is 1. The van der Waals surface area contributed by atoms with Gasteiger partial charge in [0.15, 0.2) is 0 Å². The van der Waals surface area contributed by atoms with Crippen molar-refractivity contribution in [1.29, 1.82) is 0 Å². The first-order chi connectivity index (χ1) is 14.0. The molecule has 29 heavy (non-hydrogen) atoms. The molecule has 0 saturated carbocycles. The van der Waals surface area contributed by atoms with E-state index in [1.165, 1.54) is 30.3 Å². The Morgan fingerprint density at radius 2 is 1.86 bits per heavy atom. The van der Waals surface area contributed by atoms with Gasteiger partial charge in [-0.25, -0.2) is 0 Å². The molecule has 0 spiro atoms. The van der Waals surface area contributed by atoms with Crippen molar-refractivity contribution in [2.24, 2.45) is 0 Å². The van der Waals surface area contributed by atoms with E-state index in [1.807, 2.05) is 24.3 Å². The molecule has 2 aromatic carbocycles. The highest BCUT2D eigenvalue weighted by Gasteiger charge is 2.31. The zero-order chi connectivity index (χ0) is 20.8. The minimum absolute atomic E-state index is 0.120. The lowest BCUT2D eigenvalue weighted by Crippen LogP contribution is -2.47. The van der Waals surface area contributed by atoms with Gasteiger partial charge in [0.2, 0.25) is 0 Å². The van der Waals surface area contributed by atoms with E-state index in [0.717, 1.165) is 16.2 Å². The summed E-state index contributed by atoms with van der Waals surface area (Å²) in [5.41, 5.74) is 1.03. The molecule has 1 heterocycles. The van der Waals surface area contributed by atoms with Gasteiger partial charge < -0.3 is 9.47 Å². The van der Waals surface area contributed by atoms with Gasteiger partial charge >= 0.3 is 0 Å². The molecule has 8 nitrogen and oxygen atoms in total. The third-order valence-corrected chi connectivity index (χ3v) is 4.55. The van der Waals surface area contributed by atoms with Crippen molar-refractivity contribution >= 4 is 17.5 Å². The van der Waals surface area contributed by atoms with Crippen molar-refractivity contribution in [3.8, 4) is 5.75 Å². The molecule has 0 radical (unpaired) electrons. The number of rotatable bonds is 7. The summed E-state index contributed by atoms with van der Waals surface area (Å²) < 4.78 is 10.9. The molecular weight excluding hydrogens is 376 g/mol. The first kappa shape index (κ1) is 20.2. The van der Waals surface area contributed by atoms with E-state index in [-0.39, 0.29) is 17.9 Å². The lowest BCUT2D eigenvalue weighted by Gasteiger charge is -2.31. The molecule has 1 atom stereocenters. The largest absolute Gasteiger partial charge is 0.497 e. The highest BCUT2D eigenvalue weighted by molar-refractivity contribution is 6.08. The maximum absolute atomic E-state index is 12.8. The Hall–Kier alpha value is -3.52. The number of hydrogen-bond donors (Lipinski definition) is 0. The number of methoxy groups -OCH3 is 1. The van der Waals surface area contributed by atoms with E-state index in [4.69, 9.17) is 9.47 Å². The molecule has 8 heteroatoms. The Labute approximate surface area is 167 Å². The fourth-order valence-electron chi connectivity index (χ4n) is 3.00. The summed E-state index contributed by atoms with van der Waals surface area (Å²) in [6, 6.07) is 12.1. The molecule has 2 aromatic rings. The maximum Gasteiger partial charge on any atom is 0.269 e. The van der Waals surface area contributed by atoms with Crippen LogP contribution < -0.4 is 4.74 Å². The highest BCUT2D eigenvalue weighted by atomic mass is 16.6. The number of nitro groups is 1. The monoisotopic (exact) mass is 396 g/mol. The lowest BCUT2D eigenvalue weighted by atomic mass is 10.1. The van der Waals surface area contributed by atoms with Gasteiger partial charge in [0.25, 0.3) is 17.5 Å². The third kappa shape index (κ3) is 4.85. The minimum Gasteiger partial charge on any atom is -0.497 e. The van der Waals surface area contributed by atoms with Crippen molar-refractivity contribution in [1.82, 2.24) is 4.90 Å². The number of nitro benzene ring substituents is 1. The number of nitrogens with zero attached hydrogens (tertiary/aromatic N) is 2. The van der Waals surface area contributed by atoms with Gasteiger partial charge in [0, 0.05) is 17.7 Å². The summed E-state index contributed by atoms with van der Waals surface area (Å²) >= 11 is 0. The van der Waals surface area contributed by atoms with Gasteiger partial charge in [-0.05, 0) is 42.3 Å². The number of ether oxygens (including phenoxy) is 2. The van der Waals surface area contributed by atoms with Crippen molar-refractivity contribution in [2.45, 2.75) is 19.1 Å². The molecule has 2 amide bonds. The first-order valence-corrected chi connectivity index (χ1v) is 8.99. The van der Waals surface area contributed by atoms with E-state index < -0.39 is 22.8 Å². The molecule has 150 valence electrons. The lowest BCUT2D eigenvalue weighted by molar-refractivity contribution is -0.384. The number of hydrogen-bond acceptors (Lipinski definition) is 6. The van der Waals surface area contributed by atoms with Crippen LogP contribution in [0.3, 0.4) is 0 Å². The molecule has 1 aliphatic heterocycles. The standard InChI is InChI=1S/C21H20N2O6/c1-28-19-11-5-15(6-12-19)13-29-14-18-3-2-4-20(24)22(18)21(25)16-7-9-17(10-8-16)23(26)27/h2,4-12,18H,3,13-14H2,1H3/t18-/m0/s1. The first-order valence-electron chi connectivity index (χ1n) is 8.99. The van der Waals surface area contributed by atoms with Gasteiger partial charge in [-0.2, -0.15) is 0 Å². The van der Waals surface area contributed by atoms with Gasteiger partial charge in [-0.1, -0.05) is 18.2 Å². The highest BCUT2D eigenvalue weighted by Crippen LogP contribution is 2.20. The van der Waals surface area contributed by atoms with Crippen LogP contribution in [0.4, 0.5) is 5.69 Å². The van der Waals surface area contributed by atoms with E-state index in [9.17, 15) is 19.7 Å². The number of carbonyl (C=O) groups is 2. The molecule has 0 aromatic heterocycles. The topological polar surface area (TPSA) is 99.0 Å². The quantitative estimate of drug-likeness (QED) is 0.405. The number of non-ortho nitro benzene ring substituents is 1. The second-order valence-electron chi connectivity index (χ2n) is 6.47. The van der Waals surface area contributed by atoms with Crippen molar-refractivity contribution in [3.63, 3.8) is 0 Å². The molecule has 3 rings (SSSR count). The molecule has 0 N–H and O–H groups in total. The normalized spacial score (nSPS) is 16.0.